The van der Waals surface area contributed by atoms with Crippen LogP contribution in [0.4, 0.5) is 0 Å². The van der Waals surface area contributed by atoms with Crippen molar-refractivity contribution in [1.82, 2.24) is 0 Å². The van der Waals surface area contributed by atoms with Crippen molar-refractivity contribution in [2.45, 2.75) is 152 Å². The van der Waals surface area contributed by atoms with Gasteiger partial charge in [-0.15, -0.1) is 0 Å². The highest BCUT2D eigenvalue weighted by Crippen LogP contribution is 2.70. The highest BCUT2D eigenvalue weighted by Gasteiger charge is 2.62. The van der Waals surface area contributed by atoms with Gasteiger partial charge in [-0.1, -0.05) is 55.4 Å². The Balaban J connectivity index is 1.22. The normalized spacial score (nSPS) is 50.1. The molecule has 1 heteroatoms. The monoisotopic (exact) mass is 527 g/mol. The lowest BCUT2D eigenvalue weighted by Gasteiger charge is -2.64. The molecule has 0 aromatic rings. The molecular weight excluding hydrogens is 460 g/mol. The third kappa shape index (κ3) is 4.98. The van der Waals surface area contributed by atoms with Gasteiger partial charge in [-0.05, 0) is 165 Å². The Bertz CT molecular complexity index is 815. The van der Waals surface area contributed by atoms with E-state index in [1.165, 1.54) is 77.0 Å². The maximum atomic E-state index is 5.47. The van der Waals surface area contributed by atoms with Crippen molar-refractivity contribution >= 4 is 0 Å². The van der Waals surface area contributed by atoms with Gasteiger partial charge in [-0.25, -0.2) is 0 Å². The van der Waals surface area contributed by atoms with E-state index in [0.29, 0.717) is 27.1 Å². The minimum Gasteiger partial charge on any atom is -0.384 e. The van der Waals surface area contributed by atoms with Gasteiger partial charge >= 0.3 is 0 Å². The Labute approximate surface area is 238 Å². The summed E-state index contributed by atoms with van der Waals surface area (Å²) in [5, 5.41) is 0. The van der Waals surface area contributed by atoms with Crippen molar-refractivity contribution in [3.63, 3.8) is 0 Å². The van der Waals surface area contributed by atoms with Crippen molar-refractivity contribution in [3.05, 3.63) is 0 Å². The van der Waals surface area contributed by atoms with E-state index in [-0.39, 0.29) is 0 Å². The lowest BCUT2D eigenvalue weighted by Crippen LogP contribution is -2.55. The first kappa shape index (κ1) is 29.5. The second kappa shape index (κ2) is 10.3. The third-order valence-corrected chi connectivity index (χ3v) is 15.5. The van der Waals surface area contributed by atoms with Gasteiger partial charge in [0, 0.05) is 13.7 Å². The lowest BCUT2D eigenvalue weighted by atomic mass is 9.41. The SMILES string of the molecule is COCC1CCC(C)(CC[C@@H](C)[C@H]2CC[C@H]3[C@@H]4CC[C@H]5C[C@](C)(C(C)(C)C)CC[C@]5(C)[C@H]4CC[C@]23C)CC1. The maximum absolute atomic E-state index is 5.47. The summed E-state index contributed by atoms with van der Waals surface area (Å²) < 4.78 is 5.47. The molecule has 220 valence electrons. The molecule has 0 amide bonds. The number of hydrogen-bond donors (Lipinski definition) is 0. The quantitative estimate of drug-likeness (QED) is 0.334. The predicted molar refractivity (Wildman–Crippen MR) is 163 cm³/mol. The van der Waals surface area contributed by atoms with E-state index in [9.17, 15) is 0 Å². The molecule has 0 bridgehead atoms. The van der Waals surface area contributed by atoms with Gasteiger partial charge < -0.3 is 4.74 Å². The van der Waals surface area contributed by atoms with E-state index in [0.717, 1.165) is 48.0 Å². The first-order valence-corrected chi connectivity index (χ1v) is 17.2. The molecule has 0 spiro atoms. The van der Waals surface area contributed by atoms with Crippen LogP contribution in [0.5, 0.6) is 0 Å². The zero-order valence-electron chi connectivity index (χ0n) is 27.3. The number of hydrogen-bond acceptors (Lipinski definition) is 1. The molecule has 0 heterocycles. The third-order valence-electron chi connectivity index (χ3n) is 15.5. The van der Waals surface area contributed by atoms with Gasteiger partial charge in [0.25, 0.3) is 0 Å². The van der Waals surface area contributed by atoms with Crippen LogP contribution in [0.1, 0.15) is 152 Å². The van der Waals surface area contributed by atoms with Crippen molar-refractivity contribution in [1.29, 1.82) is 0 Å². The number of fused-ring (bicyclic) bond motifs is 5. The largest absolute Gasteiger partial charge is 0.384 e. The minimum absolute atomic E-state index is 0.436. The fourth-order valence-corrected chi connectivity index (χ4v) is 11.9. The molecule has 0 aromatic carbocycles. The predicted octanol–water partition coefficient (Wildman–Crippen LogP) is 11.0. The van der Waals surface area contributed by atoms with Crippen LogP contribution < -0.4 is 0 Å². The molecule has 5 fully saturated rings. The average molecular weight is 527 g/mol. The van der Waals surface area contributed by atoms with E-state index in [1.54, 1.807) is 19.3 Å². The van der Waals surface area contributed by atoms with Crippen LogP contribution in [-0.2, 0) is 4.74 Å². The van der Waals surface area contributed by atoms with E-state index in [4.69, 9.17) is 4.74 Å². The summed E-state index contributed by atoms with van der Waals surface area (Å²) in [5.41, 5.74) is 2.79. The molecule has 0 aliphatic heterocycles. The molecule has 0 saturated heterocycles. The van der Waals surface area contributed by atoms with Crippen LogP contribution in [-0.4, -0.2) is 13.7 Å². The van der Waals surface area contributed by atoms with Crippen molar-refractivity contribution in [3.8, 4) is 0 Å². The second-order valence-electron chi connectivity index (χ2n) is 18.1. The summed E-state index contributed by atoms with van der Waals surface area (Å²) in [6.07, 6.45) is 22.2. The van der Waals surface area contributed by atoms with Gasteiger partial charge in [-0.2, -0.15) is 0 Å². The molecular formula is C37H66O. The molecule has 0 unspecified atom stereocenters. The fraction of sp³-hybridized carbons (Fsp3) is 1.00. The van der Waals surface area contributed by atoms with Gasteiger partial charge in [0.05, 0.1) is 0 Å². The topological polar surface area (TPSA) is 9.23 Å². The standard InChI is InChI=1S/C37H66O/c1-26(14-18-34(5)19-15-27(16-20-34)25-38-9)30-12-13-31-29-11-10-28-24-35(6,33(2,3)4)22-23-36(28,7)32(29)17-21-37(30,31)8/h26-32H,10-25H2,1-9H3/t26-,27?,28+,29+,30-,31+,32+,34?,35-,36+,37-/m1/s1. The Morgan fingerprint density at radius 3 is 2.11 bits per heavy atom. The molecule has 38 heavy (non-hydrogen) atoms. The smallest absolute Gasteiger partial charge is 0.0490 e. The molecule has 1 nitrogen and oxygen atoms in total. The summed E-state index contributed by atoms with van der Waals surface area (Å²) in [7, 11) is 1.88. The summed E-state index contributed by atoms with van der Waals surface area (Å²) in [6, 6.07) is 0. The van der Waals surface area contributed by atoms with Crippen LogP contribution in [0.2, 0.25) is 0 Å². The lowest BCUT2D eigenvalue weighted by molar-refractivity contribution is -0.145. The summed E-state index contributed by atoms with van der Waals surface area (Å²) >= 11 is 0. The molecule has 5 rings (SSSR count). The van der Waals surface area contributed by atoms with E-state index >= 15 is 0 Å². The van der Waals surface area contributed by atoms with Crippen LogP contribution in [0, 0.1) is 68.5 Å². The number of rotatable bonds is 6. The van der Waals surface area contributed by atoms with Crippen molar-refractivity contribution < 1.29 is 4.74 Å². The molecule has 5 aliphatic carbocycles. The average Bonchev–Trinajstić information content (AvgIpc) is 3.21. The Morgan fingerprint density at radius 1 is 0.763 bits per heavy atom. The second-order valence-corrected chi connectivity index (χ2v) is 18.1. The molecule has 5 saturated carbocycles. The van der Waals surface area contributed by atoms with E-state index in [1.807, 2.05) is 7.11 Å². The van der Waals surface area contributed by atoms with Crippen molar-refractivity contribution in [2.24, 2.45) is 68.5 Å². The Kier molecular flexibility index (Phi) is 8.02. The number of methoxy groups -OCH3 is 1. The summed E-state index contributed by atoms with van der Waals surface area (Å²) in [5.74, 6) is 6.73. The highest BCUT2D eigenvalue weighted by atomic mass is 16.5. The highest BCUT2D eigenvalue weighted by molar-refractivity contribution is 5.11. The van der Waals surface area contributed by atoms with Gasteiger partial charge in [-0.3, -0.25) is 0 Å². The van der Waals surface area contributed by atoms with Crippen LogP contribution in [0.25, 0.3) is 0 Å². The molecule has 0 N–H and O–H groups in total. The van der Waals surface area contributed by atoms with Gasteiger partial charge in [0.1, 0.15) is 0 Å². The maximum Gasteiger partial charge on any atom is 0.0490 e. The molecule has 5 aliphatic rings. The zero-order chi connectivity index (χ0) is 27.6. The molecule has 0 aromatic heterocycles. The van der Waals surface area contributed by atoms with Crippen molar-refractivity contribution in [2.75, 3.05) is 13.7 Å². The van der Waals surface area contributed by atoms with Gasteiger partial charge in [0.15, 0.2) is 0 Å². The Hall–Kier alpha value is -0.0400. The molecule has 0 radical (unpaired) electrons. The van der Waals surface area contributed by atoms with E-state index < -0.39 is 0 Å². The van der Waals surface area contributed by atoms with E-state index in [2.05, 4.69) is 55.4 Å². The first-order chi connectivity index (χ1) is 17.7. The van der Waals surface area contributed by atoms with Crippen LogP contribution in [0.15, 0.2) is 0 Å². The first-order valence-electron chi connectivity index (χ1n) is 17.2. The minimum atomic E-state index is 0.436. The molecule has 9 atom stereocenters. The Morgan fingerprint density at radius 2 is 1.45 bits per heavy atom. The fourth-order valence-electron chi connectivity index (χ4n) is 11.9. The summed E-state index contributed by atoms with van der Waals surface area (Å²) in [4.78, 5) is 0. The number of ether oxygens (including phenoxy) is 1. The summed E-state index contributed by atoms with van der Waals surface area (Å²) in [6.45, 7) is 22.0. The van der Waals surface area contributed by atoms with Crippen LogP contribution >= 0.6 is 0 Å². The van der Waals surface area contributed by atoms with Gasteiger partial charge in [0.2, 0.25) is 0 Å². The zero-order valence-corrected chi connectivity index (χ0v) is 27.3. The van der Waals surface area contributed by atoms with Crippen LogP contribution in [0.3, 0.4) is 0 Å².